The fourth-order valence-electron chi connectivity index (χ4n) is 2.21. The van der Waals surface area contributed by atoms with E-state index in [2.05, 4.69) is 27.3 Å². The molecule has 1 saturated heterocycles. The molecule has 1 fully saturated rings. The Balaban J connectivity index is 2.09. The molecule has 1 amide bonds. The average molecular weight is 358 g/mol. The van der Waals surface area contributed by atoms with Crippen LogP contribution in [0.4, 0.5) is 10.5 Å². The maximum atomic E-state index is 11.8. The summed E-state index contributed by atoms with van der Waals surface area (Å²) in [7, 11) is -0.0681. The summed E-state index contributed by atoms with van der Waals surface area (Å²) in [4.78, 5) is 11.8. The molecule has 0 atom stereocenters. The minimum absolute atomic E-state index is 0.0681. The number of amides is 1. The van der Waals surface area contributed by atoms with Crippen LogP contribution in [0.1, 0.15) is 33.6 Å². The summed E-state index contributed by atoms with van der Waals surface area (Å²) in [5, 5.41) is 4.17. The van der Waals surface area contributed by atoms with Crippen molar-refractivity contribution in [3.63, 3.8) is 0 Å². The zero-order valence-corrected chi connectivity index (χ0v) is 14.7. The van der Waals surface area contributed by atoms with Crippen LogP contribution in [0.15, 0.2) is 22.7 Å². The number of hydrogen-bond acceptors (Lipinski definition) is 2. The van der Waals surface area contributed by atoms with Crippen LogP contribution in [-0.2, 0) is 4.74 Å². The number of nitrogens with one attached hydrogen (secondary N) is 1. The van der Waals surface area contributed by atoms with E-state index in [0.29, 0.717) is 0 Å². The third-order valence-corrected chi connectivity index (χ3v) is 6.80. The summed E-state index contributed by atoms with van der Waals surface area (Å²) in [6.07, 6.45) is 4.84. The first-order chi connectivity index (χ1) is 9.35. The first-order valence-electron chi connectivity index (χ1n) is 6.90. The Morgan fingerprint density at radius 1 is 1.30 bits per heavy atom. The van der Waals surface area contributed by atoms with Crippen molar-refractivity contribution in [1.82, 2.24) is 0 Å². The standard InChI is InChI=1S/C15H21BrNO2P/c1-15(2,3)19-14(18)17-11-6-7-12(16)13(10-11)20-8-4-5-9-20/h6-7,10H,4-5,8-9H2,1-3H3,(H,17,18). The molecule has 0 bridgehead atoms. The van der Waals surface area contributed by atoms with Gasteiger partial charge >= 0.3 is 6.09 Å². The number of hydrogen-bond donors (Lipinski definition) is 1. The van der Waals surface area contributed by atoms with Gasteiger partial charge in [0.25, 0.3) is 0 Å². The number of rotatable bonds is 2. The van der Waals surface area contributed by atoms with E-state index < -0.39 is 11.7 Å². The van der Waals surface area contributed by atoms with Crippen LogP contribution >= 0.6 is 23.9 Å². The molecule has 0 aliphatic carbocycles. The summed E-state index contributed by atoms with van der Waals surface area (Å²) < 4.78 is 6.43. The lowest BCUT2D eigenvalue weighted by molar-refractivity contribution is 0.0636. The third kappa shape index (κ3) is 4.46. The molecule has 2 rings (SSSR count). The van der Waals surface area contributed by atoms with Crippen LogP contribution in [0.25, 0.3) is 0 Å². The molecule has 0 spiro atoms. The van der Waals surface area contributed by atoms with Gasteiger partial charge in [-0.25, -0.2) is 4.79 Å². The van der Waals surface area contributed by atoms with E-state index in [0.717, 1.165) is 10.2 Å². The summed E-state index contributed by atoms with van der Waals surface area (Å²) in [6.45, 7) is 5.59. The summed E-state index contributed by atoms with van der Waals surface area (Å²) in [5.74, 6) is 0. The summed E-state index contributed by atoms with van der Waals surface area (Å²) in [5.41, 5.74) is 0.338. The van der Waals surface area contributed by atoms with Crippen molar-refractivity contribution in [3.05, 3.63) is 22.7 Å². The molecule has 0 saturated carbocycles. The van der Waals surface area contributed by atoms with Crippen LogP contribution in [0.3, 0.4) is 0 Å². The number of carbonyl (C=O) groups is 1. The second-order valence-corrected chi connectivity index (χ2v) is 9.30. The SMILES string of the molecule is CC(C)(C)OC(=O)Nc1ccc(Br)c(P2CCCC2)c1. The molecule has 1 heterocycles. The molecule has 1 N–H and O–H groups in total. The van der Waals surface area contributed by atoms with Gasteiger partial charge in [0.15, 0.2) is 0 Å². The monoisotopic (exact) mass is 357 g/mol. The molecule has 0 radical (unpaired) electrons. The Kier molecular flexibility index (Phi) is 5.09. The normalized spacial score (nSPS) is 16.2. The van der Waals surface area contributed by atoms with E-state index >= 15 is 0 Å². The Morgan fingerprint density at radius 2 is 1.95 bits per heavy atom. The van der Waals surface area contributed by atoms with E-state index in [1.165, 1.54) is 30.5 Å². The molecule has 0 unspecified atom stereocenters. The topological polar surface area (TPSA) is 38.3 Å². The van der Waals surface area contributed by atoms with Crippen LogP contribution in [0, 0.1) is 0 Å². The van der Waals surface area contributed by atoms with Crippen LogP contribution in [0.2, 0.25) is 0 Å². The average Bonchev–Trinajstić information content (AvgIpc) is 2.82. The molecule has 110 valence electrons. The molecule has 1 aliphatic rings. The molecule has 5 heteroatoms. The first kappa shape index (κ1) is 15.8. The Bertz CT molecular complexity index is 493. The smallest absolute Gasteiger partial charge is 0.412 e. The van der Waals surface area contributed by atoms with Crippen molar-refractivity contribution >= 4 is 40.9 Å². The van der Waals surface area contributed by atoms with Gasteiger partial charge < -0.3 is 4.74 Å². The zero-order valence-electron chi connectivity index (χ0n) is 12.2. The van der Waals surface area contributed by atoms with E-state index in [4.69, 9.17) is 4.74 Å². The second-order valence-electron chi connectivity index (χ2n) is 5.99. The Morgan fingerprint density at radius 3 is 2.55 bits per heavy atom. The van der Waals surface area contributed by atoms with E-state index in [-0.39, 0.29) is 7.92 Å². The molecule has 20 heavy (non-hydrogen) atoms. The second kappa shape index (κ2) is 6.44. The highest BCUT2D eigenvalue weighted by Crippen LogP contribution is 2.44. The van der Waals surface area contributed by atoms with Crippen LogP contribution in [0.5, 0.6) is 0 Å². The largest absolute Gasteiger partial charge is 0.444 e. The van der Waals surface area contributed by atoms with Gasteiger partial charge in [0.1, 0.15) is 5.60 Å². The maximum Gasteiger partial charge on any atom is 0.412 e. The lowest BCUT2D eigenvalue weighted by atomic mass is 10.2. The van der Waals surface area contributed by atoms with Gasteiger partial charge in [0.05, 0.1) is 0 Å². The predicted molar refractivity (Wildman–Crippen MR) is 89.5 cm³/mol. The highest BCUT2D eigenvalue weighted by molar-refractivity contribution is 9.10. The lowest BCUT2D eigenvalue weighted by Gasteiger charge is -2.20. The van der Waals surface area contributed by atoms with Crippen molar-refractivity contribution in [3.8, 4) is 0 Å². The van der Waals surface area contributed by atoms with Crippen molar-refractivity contribution in [2.24, 2.45) is 0 Å². The van der Waals surface area contributed by atoms with Gasteiger partial charge in [-0.3, -0.25) is 5.32 Å². The van der Waals surface area contributed by atoms with Gasteiger partial charge in [-0.2, -0.15) is 0 Å². The fourth-order valence-corrected chi connectivity index (χ4v) is 5.83. The quantitative estimate of drug-likeness (QED) is 0.779. The van der Waals surface area contributed by atoms with Gasteiger partial charge in [0, 0.05) is 10.2 Å². The van der Waals surface area contributed by atoms with Gasteiger partial charge in [-0.1, -0.05) is 23.9 Å². The highest BCUT2D eigenvalue weighted by Gasteiger charge is 2.20. The van der Waals surface area contributed by atoms with Gasteiger partial charge in [0.2, 0.25) is 0 Å². The molecule has 1 aliphatic heterocycles. The van der Waals surface area contributed by atoms with Gasteiger partial charge in [-0.05, 0) is 69.4 Å². The predicted octanol–water partition coefficient (Wildman–Crippen LogP) is 4.70. The van der Waals surface area contributed by atoms with E-state index in [9.17, 15) is 4.79 Å². The number of anilines is 1. The lowest BCUT2D eigenvalue weighted by Crippen LogP contribution is -2.27. The van der Waals surface area contributed by atoms with E-state index in [1.54, 1.807) is 0 Å². The fraction of sp³-hybridized carbons (Fsp3) is 0.533. The minimum atomic E-state index is -0.474. The van der Waals surface area contributed by atoms with Crippen molar-refractivity contribution in [2.75, 3.05) is 17.6 Å². The first-order valence-corrected chi connectivity index (χ1v) is 9.40. The number of ether oxygens (including phenoxy) is 1. The molecular formula is C15H21BrNO2P. The summed E-state index contributed by atoms with van der Waals surface area (Å²) >= 11 is 3.63. The molecule has 1 aromatic carbocycles. The van der Waals surface area contributed by atoms with Gasteiger partial charge in [-0.15, -0.1) is 0 Å². The van der Waals surface area contributed by atoms with E-state index in [1.807, 2.05) is 32.9 Å². The number of carbonyl (C=O) groups excluding carboxylic acids is 1. The Hall–Kier alpha value is -0.600. The van der Waals surface area contributed by atoms with Crippen molar-refractivity contribution < 1.29 is 9.53 Å². The molecule has 3 nitrogen and oxygen atoms in total. The highest BCUT2D eigenvalue weighted by atomic mass is 79.9. The number of benzene rings is 1. The molecule has 0 aromatic heterocycles. The summed E-state index contributed by atoms with van der Waals surface area (Å²) in [6, 6.07) is 6.01. The third-order valence-electron chi connectivity index (χ3n) is 3.04. The Labute approximate surface area is 130 Å². The number of halogens is 1. The molecule has 1 aromatic rings. The minimum Gasteiger partial charge on any atom is -0.444 e. The van der Waals surface area contributed by atoms with Crippen molar-refractivity contribution in [1.29, 1.82) is 0 Å². The van der Waals surface area contributed by atoms with Crippen molar-refractivity contribution in [2.45, 2.75) is 39.2 Å². The molecular weight excluding hydrogens is 337 g/mol. The van der Waals surface area contributed by atoms with Crippen LogP contribution in [-0.4, -0.2) is 24.0 Å². The maximum absolute atomic E-state index is 11.8. The zero-order chi connectivity index (χ0) is 14.8. The van der Waals surface area contributed by atoms with Crippen LogP contribution < -0.4 is 10.6 Å².